The molecule has 2 nitrogen and oxygen atoms in total. The van der Waals surface area contributed by atoms with Gasteiger partial charge in [0.25, 0.3) is 0 Å². The molecule has 1 unspecified atom stereocenters. The van der Waals surface area contributed by atoms with Crippen LogP contribution in [0.2, 0.25) is 0 Å². The van der Waals surface area contributed by atoms with Crippen molar-refractivity contribution in [2.24, 2.45) is 0 Å². The topological polar surface area (TPSA) is 23.5 Å². The molecular weight excluding hydrogens is 210 g/mol. The van der Waals surface area contributed by atoms with Gasteiger partial charge in [0.05, 0.1) is 0 Å². The van der Waals surface area contributed by atoms with E-state index in [4.69, 9.17) is 5.11 Å². The maximum Gasteiger partial charge on any atom is 0.0431 e. The highest BCUT2D eigenvalue weighted by Crippen LogP contribution is 2.21. The summed E-state index contributed by atoms with van der Waals surface area (Å²) < 4.78 is 0. The van der Waals surface area contributed by atoms with Crippen molar-refractivity contribution in [2.45, 2.75) is 38.1 Å². The summed E-state index contributed by atoms with van der Waals surface area (Å²) in [6.45, 7) is 2.72. The van der Waals surface area contributed by atoms with Gasteiger partial charge < -0.3 is 10.0 Å². The van der Waals surface area contributed by atoms with Crippen LogP contribution in [0.3, 0.4) is 0 Å². The lowest BCUT2D eigenvalue weighted by atomic mass is 10.0. The van der Waals surface area contributed by atoms with E-state index in [9.17, 15) is 0 Å². The summed E-state index contributed by atoms with van der Waals surface area (Å²) in [6.07, 6.45) is 5.90. The minimum absolute atomic E-state index is 0.331. The first-order chi connectivity index (χ1) is 8.40. The number of aliphatic hydroxyl groups is 1. The number of hydrogen-bond donors (Lipinski definition) is 1. The Morgan fingerprint density at radius 3 is 2.76 bits per heavy atom. The van der Waals surface area contributed by atoms with E-state index in [2.05, 4.69) is 35.2 Å². The molecule has 1 N–H and O–H groups in total. The van der Waals surface area contributed by atoms with Gasteiger partial charge in [0.2, 0.25) is 0 Å². The van der Waals surface area contributed by atoms with E-state index in [0.29, 0.717) is 6.61 Å². The van der Waals surface area contributed by atoms with Crippen LogP contribution >= 0.6 is 0 Å². The SMILES string of the molecule is OCCCCN1CCCC1Cc1ccccc1. The molecule has 0 radical (unpaired) electrons. The van der Waals surface area contributed by atoms with Gasteiger partial charge in [-0.15, -0.1) is 0 Å². The second-order valence-electron chi connectivity index (χ2n) is 4.95. The van der Waals surface area contributed by atoms with Crippen molar-refractivity contribution < 1.29 is 5.11 Å². The van der Waals surface area contributed by atoms with Crippen LogP contribution in [0.15, 0.2) is 30.3 Å². The number of nitrogens with zero attached hydrogens (tertiary/aromatic N) is 1. The summed E-state index contributed by atoms with van der Waals surface area (Å²) >= 11 is 0. The number of rotatable bonds is 6. The molecule has 0 aromatic heterocycles. The van der Waals surface area contributed by atoms with Crippen molar-refractivity contribution in [2.75, 3.05) is 19.7 Å². The van der Waals surface area contributed by atoms with Crippen LogP contribution in [0.5, 0.6) is 0 Å². The molecule has 1 saturated heterocycles. The van der Waals surface area contributed by atoms with Gasteiger partial charge in [0.1, 0.15) is 0 Å². The average Bonchev–Trinajstić information content (AvgIpc) is 2.79. The first-order valence-electron chi connectivity index (χ1n) is 6.79. The summed E-state index contributed by atoms with van der Waals surface area (Å²) in [5.74, 6) is 0. The van der Waals surface area contributed by atoms with Gasteiger partial charge in [-0.3, -0.25) is 0 Å². The van der Waals surface area contributed by atoms with Crippen LogP contribution in [-0.2, 0) is 6.42 Å². The predicted molar refractivity (Wildman–Crippen MR) is 71.1 cm³/mol. The Kier molecular flexibility index (Phi) is 5.02. The van der Waals surface area contributed by atoms with Gasteiger partial charge in [0, 0.05) is 12.6 Å². The largest absolute Gasteiger partial charge is 0.396 e. The molecule has 0 spiro atoms. The average molecular weight is 233 g/mol. The normalized spacial score (nSPS) is 20.9. The molecule has 2 heteroatoms. The van der Waals surface area contributed by atoms with Crippen molar-refractivity contribution in [3.8, 4) is 0 Å². The maximum atomic E-state index is 8.82. The van der Waals surface area contributed by atoms with E-state index in [1.807, 2.05) is 0 Å². The van der Waals surface area contributed by atoms with Crippen LogP contribution in [0, 0.1) is 0 Å². The lowest BCUT2D eigenvalue weighted by Gasteiger charge is -2.24. The molecular formula is C15H23NO. The Labute approximate surface area is 104 Å². The van der Waals surface area contributed by atoms with Crippen LogP contribution in [-0.4, -0.2) is 35.7 Å². The molecule has 2 rings (SSSR count). The molecule has 1 fully saturated rings. The Hall–Kier alpha value is -0.860. The van der Waals surface area contributed by atoms with Gasteiger partial charge in [0.15, 0.2) is 0 Å². The fourth-order valence-corrected chi connectivity index (χ4v) is 2.73. The molecule has 1 aliphatic rings. The van der Waals surface area contributed by atoms with Crippen molar-refractivity contribution >= 4 is 0 Å². The molecule has 0 aliphatic carbocycles. The van der Waals surface area contributed by atoms with Crippen molar-refractivity contribution in [1.82, 2.24) is 4.90 Å². The molecule has 94 valence electrons. The van der Waals surface area contributed by atoms with Crippen LogP contribution in [0.4, 0.5) is 0 Å². The standard InChI is InChI=1S/C15H23NO/c17-12-5-4-10-16-11-6-9-15(16)13-14-7-2-1-3-8-14/h1-3,7-8,15,17H,4-6,9-13H2. The molecule has 17 heavy (non-hydrogen) atoms. The summed E-state index contributed by atoms with van der Waals surface area (Å²) in [5.41, 5.74) is 1.45. The third-order valence-electron chi connectivity index (χ3n) is 3.67. The first kappa shape index (κ1) is 12.6. The van der Waals surface area contributed by atoms with Gasteiger partial charge >= 0.3 is 0 Å². The van der Waals surface area contributed by atoms with E-state index in [0.717, 1.165) is 25.4 Å². The van der Waals surface area contributed by atoms with Crippen molar-refractivity contribution in [1.29, 1.82) is 0 Å². The van der Waals surface area contributed by atoms with Crippen molar-refractivity contribution in [3.05, 3.63) is 35.9 Å². The fraction of sp³-hybridized carbons (Fsp3) is 0.600. The minimum atomic E-state index is 0.331. The van der Waals surface area contributed by atoms with Crippen LogP contribution < -0.4 is 0 Å². The first-order valence-corrected chi connectivity index (χ1v) is 6.79. The monoisotopic (exact) mass is 233 g/mol. The van der Waals surface area contributed by atoms with Gasteiger partial charge in [-0.1, -0.05) is 30.3 Å². The van der Waals surface area contributed by atoms with E-state index < -0.39 is 0 Å². The van der Waals surface area contributed by atoms with Gasteiger partial charge in [-0.25, -0.2) is 0 Å². The zero-order chi connectivity index (χ0) is 11.9. The predicted octanol–water partition coefficient (Wildman–Crippen LogP) is 2.47. The zero-order valence-corrected chi connectivity index (χ0v) is 10.5. The fourth-order valence-electron chi connectivity index (χ4n) is 2.73. The minimum Gasteiger partial charge on any atom is -0.396 e. The van der Waals surface area contributed by atoms with Crippen molar-refractivity contribution in [3.63, 3.8) is 0 Å². The summed E-state index contributed by atoms with van der Waals surface area (Å²) in [4.78, 5) is 2.60. The lowest BCUT2D eigenvalue weighted by Crippen LogP contribution is -2.32. The molecule has 1 heterocycles. The molecule has 1 atom stereocenters. The molecule has 0 bridgehead atoms. The number of benzene rings is 1. The van der Waals surface area contributed by atoms with Crippen LogP contribution in [0.25, 0.3) is 0 Å². The quantitative estimate of drug-likeness (QED) is 0.763. The number of hydrogen-bond acceptors (Lipinski definition) is 2. The highest BCUT2D eigenvalue weighted by atomic mass is 16.2. The summed E-state index contributed by atoms with van der Waals surface area (Å²) in [6, 6.07) is 11.5. The van der Waals surface area contributed by atoms with E-state index >= 15 is 0 Å². The smallest absolute Gasteiger partial charge is 0.0431 e. The Morgan fingerprint density at radius 1 is 1.18 bits per heavy atom. The summed E-state index contributed by atoms with van der Waals surface area (Å²) in [7, 11) is 0. The lowest BCUT2D eigenvalue weighted by molar-refractivity contribution is 0.228. The Bertz CT molecular complexity index is 312. The Morgan fingerprint density at radius 2 is 2.00 bits per heavy atom. The molecule has 1 aromatic rings. The molecule has 0 amide bonds. The molecule has 0 saturated carbocycles. The van der Waals surface area contributed by atoms with E-state index in [1.54, 1.807) is 0 Å². The number of likely N-dealkylation sites (tertiary alicyclic amines) is 1. The van der Waals surface area contributed by atoms with Crippen LogP contribution in [0.1, 0.15) is 31.2 Å². The molecule has 1 aliphatic heterocycles. The third-order valence-corrected chi connectivity index (χ3v) is 3.67. The van der Waals surface area contributed by atoms with Gasteiger partial charge in [-0.2, -0.15) is 0 Å². The Balaban J connectivity index is 1.82. The van der Waals surface area contributed by atoms with Gasteiger partial charge in [-0.05, 0) is 50.8 Å². The second kappa shape index (κ2) is 6.77. The number of unbranched alkanes of at least 4 members (excludes halogenated alkanes) is 1. The highest BCUT2D eigenvalue weighted by molar-refractivity contribution is 5.16. The highest BCUT2D eigenvalue weighted by Gasteiger charge is 2.23. The maximum absolute atomic E-state index is 8.82. The van der Waals surface area contributed by atoms with E-state index in [-0.39, 0.29) is 0 Å². The zero-order valence-electron chi connectivity index (χ0n) is 10.5. The summed E-state index contributed by atoms with van der Waals surface area (Å²) in [5, 5.41) is 8.82. The second-order valence-corrected chi connectivity index (χ2v) is 4.95. The molecule has 1 aromatic carbocycles. The number of aliphatic hydroxyl groups excluding tert-OH is 1. The van der Waals surface area contributed by atoms with E-state index in [1.165, 1.54) is 31.4 Å². The third kappa shape index (κ3) is 3.83.